The van der Waals surface area contributed by atoms with Crippen molar-refractivity contribution >= 4 is 23.3 Å². The van der Waals surface area contributed by atoms with Gasteiger partial charge >= 0.3 is 6.03 Å². The Morgan fingerprint density at radius 2 is 1.91 bits per heavy atom. The third kappa shape index (κ3) is 6.32. The van der Waals surface area contributed by atoms with Crippen molar-refractivity contribution in [1.82, 2.24) is 15.1 Å². The molecular formula is C27H39N3O3S. The summed E-state index contributed by atoms with van der Waals surface area (Å²) in [5, 5.41) is 5.02. The summed E-state index contributed by atoms with van der Waals surface area (Å²) in [5.41, 5.74) is 2.43. The monoisotopic (exact) mass is 485 g/mol. The summed E-state index contributed by atoms with van der Waals surface area (Å²) in [6.07, 6.45) is 2.49. The third-order valence-electron chi connectivity index (χ3n) is 6.59. The van der Waals surface area contributed by atoms with Crippen molar-refractivity contribution in [3.63, 3.8) is 0 Å². The number of carbonyl (C=O) groups excluding carboxylic acids is 2. The molecule has 0 aliphatic carbocycles. The molecule has 1 aromatic heterocycles. The number of amides is 3. The molecule has 0 spiro atoms. The molecule has 186 valence electrons. The first kappa shape index (κ1) is 26.1. The van der Waals surface area contributed by atoms with Crippen LogP contribution in [0.5, 0.6) is 5.75 Å². The molecule has 1 aliphatic heterocycles. The van der Waals surface area contributed by atoms with Gasteiger partial charge in [0.2, 0.25) is 5.91 Å². The number of rotatable bonds is 10. The molecule has 1 aromatic carbocycles. The van der Waals surface area contributed by atoms with Gasteiger partial charge < -0.3 is 19.9 Å². The van der Waals surface area contributed by atoms with Crippen LogP contribution < -0.4 is 10.1 Å². The van der Waals surface area contributed by atoms with Gasteiger partial charge in [0, 0.05) is 24.0 Å². The summed E-state index contributed by atoms with van der Waals surface area (Å²) in [6.45, 7) is 12.1. The van der Waals surface area contributed by atoms with E-state index in [1.54, 1.807) is 16.2 Å². The van der Waals surface area contributed by atoms with Crippen molar-refractivity contribution in [3.05, 3.63) is 51.7 Å². The molecule has 7 heteroatoms. The number of nitrogens with one attached hydrogen (secondary N) is 1. The molecule has 0 unspecified atom stereocenters. The van der Waals surface area contributed by atoms with Crippen LogP contribution in [-0.2, 0) is 11.2 Å². The van der Waals surface area contributed by atoms with Crippen LogP contribution >= 0.6 is 11.3 Å². The summed E-state index contributed by atoms with van der Waals surface area (Å²) in [4.78, 5) is 31.2. The zero-order valence-corrected chi connectivity index (χ0v) is 22.0. The van der Waals surface area contributed by atoms with E-state index in [4.69, 9.17) is 4.74 Å². The highest BCUT2D eigenvalue weighted by Crippen LogP contribution is 2.34. The van der Waals surface area contributed by atoms with E-state index in [0.29, 0.717) is 25.6 Å². The fraction of sp³-hybridized carbons (Fsp3) is 0.556. The van der Waals surface area contributed by atoms with Gasteiger partial charge in [0.1, 0.15) is 18.9 Å². The minimum atomic E-state index is -0.171. The van der Waals surface area contributed by atoms with E-state index in [0.717, 1.165) is 30.6 Å². The Morgan fingerprint density at radius 1 is 1.18 bits per heavy atom. The van der Waals surface area contributed by atoms with Crippen LogP contribution in [0.4, 0.5) is 4.79 Å². The lowest BCUT2D eigenvalue weighted by Gasteiger charge is -2.38. The van der Waals surface area contributed by atoms with Crippen molar-refractivity contribution in [2.75, 3.05) is 26.2 Å². The smallest absolute Gasteiger partial charge is 0.318 e. The van der Waals surface area contributed by atoms with Crippen LogP contribution in [-0.4, -0.2) is 54.0 Å². The maximum absolute atomic E-state index is 13.5. The number of hydrogen-bond acceptors (Lipinski definition) is 4. The van der Waals surface area contributed by atoms with Gasteiger partial charge in [-0.25, -0.2) is 4.79 Å². The number of benzene rings is 1. The molecular weight excluding hydrogens is 446 g/mol. The van der Waals surface area contributed by atoms with Crippen LogP contribution in [0.25, 0.3) is 0 Å². The van der Waals surface area contributed by atoms with Gasteiger partial charge in [-0.2, -0.15) is 0 Å². The standard InChI is InChI=1S/C27H39N3O3S/c1-6-14-28-27(32)30(20(5)7-2)17-26(31)29-15-12-25-23(13-16-34-25)24(29)18-33-22-10-8-21(9-11-22)19(3)4/h8-11,13,16,19-20,24H,6-7,12,14-15,17-18H2,1-5H3,(H,28,32)/t20-,24-/m1/s1. The lowest BCUT2D eigenvalue weighted by atomic mass is 10.00. The Morgan fingerprint density at radius 3 is 2.56 bits per heavy atom. The van der Waals surface area contributed by atoms with Crippen LogP contribution in [0.1, 0.15) is 75.4 Å². The lowest BCUT2D eigenvalue weighted by Crippen LogP contribution is -2.52. The molecule has 0 bridgehead atoms. The van der Waals surface area contributed by atoms with Crippen molar-refractivity contribution in [1.29, 1.82) is 0 Å². The molecule has 3 amide bonds. The highest BCUT2D eigenvalue weighted by atomic mass is 32.1. The molecule has 1 aliphatic rings. The van der Waals surface area contributed by atoms with Crippen LogP contribution in [0.3, 0.4) is 0 Å². The quantitative estimate of drug-likeness (QED) is 0.477. The van der Waals surface area contributed by atoms with E-state index < -0.39 is 0 Å². The Hall–Kier alpha value is -2.54. The number of thiophene rings is 1. The molecule has 2 aromatic rings. The van der Waals surface area contributed by atoms with Crippen LogP contribution in [0, 0.1) is 0 Å². The third-order valence-corrected chi connectivity index (χ3v) is 7.58. The molecule has 3 rings (SSSR count). The van der Waals surface area contributed by atoms with Crippen molar-refractivity contribution < 1.29 is 14.3 Å². The molecule has 0 saturated heterocycles. The van der Waals surface area contributed by atoms with E-state index in [-0.39, 0.29) is 30.6 Å². The van der Waals surface area contributed by atoms with E-state index in [1.165, 1.54) is 10.4 Å². The molecule has 34 heavy (non-hydrogen) atoms. The summed E-state index contributed by atoms with van der Waals surface area (Å²) >= 11 is 1.74. The van der Waals surface area contributed by atoms with Crippen molar-refractivity contribution in [2.45, 2.75) is 71.9 Å². The molecule has 0 radical (unpaired) electrons. The highest BCUT2D eigenvalue weighted by molar-refractivity contribution is 7.10. The predicted octanol–water partition coefficient (Wildman–Crippen LogP) is 5.60. The fourth-order valence-corrected chi connectivity index (χ4v) is 5.15. The average Bonchev–Trinajstić information content (AvgIpc) is 3.33. The van der Waals surface area contributed by atoms with Crippen molar-refractivity contribution in [2.24, 2.45) is 0 Å². The number of hydrogen-bond donors (Lipinski definition) is 1. The first-order valence-corrected chi connectivity index (χ1v) is 13.4. The van der Waals surface area contributed by atoms with E-state index in [2.05, 4.69) is 42.7 Å². The van der Waals surface area contributed by atoms with E-state index >= 15 is 0 Å². The van der Waals surface area contributed by atoms with Gasteiger partial charge in [-0.1, -0.05) is 39.8 Å². The molecule has 2 atom stereocenters. The number of urea groups is 1. The van der Waals surface area contributed by atoms with Crippen molar-refractivity contribution in [3.8, 4) is 5.75 Å². The first-order chi connectivity index (χ1) is 16.3. The maximum atomic E-state index is 13.5. The summed E-state index contributed by atoms with van der Waals surface area (Å²) in [6, 6.07) is 9.95. The van der Waals surface area contributed by atoms with E-state index in [1.807, 2.05) is 37.8 Å². The zero-order valence-electron chi connectivity index (χ0n) is 21.2. The van der Waals surface area contributed by atoms with Gasteiger partial charge in [0.05, 0.1) is 6.04 Å². The molecule has 0 saturated carbocycles. The van der Waals surface area contributed by atoms with Crippen LogP contribution in [0.15, 0.2) is 35.7 Å². The Balaban J connectivity index is 1.75. The van der Waals surface area contributed by atoms with Gasteiger partial charge in [0.15, 0.2) is 0 Å². The van der Waals surface area contributed by atoms with Crippen LogP contribution in [0.2, 0.25) is 0 Å². The van der Waals surface area contributed by atoms with Gasteiger partial charge in [-0.05, 0) is 66.8 Å². The zero-order chi connectivity index (χ0) is 24.7. The number of carbonyl (C=O) groups is 2. The normalized spacial score (nSPS) is 16.2. The second-order valence-corrected chi connectivity index (χ2v) is 10.3. The van der Waals surface area contributed by atoms with Gasteiger partial charge in [-0.15, -0.1) is 11.3 Å². The number of nitrogens with zero attached hydrogens (tertiary/aromatic N) is 2. The van der Waals surface area contributed by atoms with Gasteiger partial charge in [-0.3, -0.25) is 4.79 Å². The second-order valence-electron chi connectivity index (χ2n) is 9.30. The minimum absolute atomic E-state index is 0.0172. The molecule has 0 fully saturated rings. The minimum Gasteiger partial charge on any atom is -0.491 e. The largest absolute Gasteiger partial charge is 0.491 e. The SMILES string of the molecule is CCCNC(=O)N(CC(=O)N1CCc2sccc2[C@H]1COc1ccc(C(C)C)cc1)[C@H](C)CC. The maximum Gasteiger partial charge on any atom is 0.318 e. The average molecular weight is 486 g/mol. The summed E-state index contributed by atoms with van der Waals surface area (Å²) < 4.78 is 6.18. The second kappa shape index (κ2) is 12.2. The number of fused-ring (bicyclic) bond motifs is 1. The fourth-order valence-electron chi connectivity index (χ4n) is 4.22. The highest BCUT2D eigenvalue weighted by Gasteiger charge is 2.34. The summed E-state index contributed by atoms with van der Waals surface area (Å²) in [5.74, 6) is 1.24. The summed E-state index contributed by atoms with van der Waals surface area (Å²) in [7, 11) is 0. The number of ether oxygens (including phenoxy) is 1. The first-order valence-electron chi connectivity index (χ1n) is 12.5. The topological polar surface area (TPSA) is 61.9 Å². The molecule has 2 heterocycles. The Kier molecular flexibility index (Phi) is 9.39. The van der Waals surface area contributed by atoms with Gasteiger partial charge in [0.25, 0.3) is 0 Å². The molecule has 1 N–H and O–H groups in total. The molecule has 6 nitrogen and oxygen atoms in total. The lowest BCUT2D eigenvalue weighted by molar-refractivity contribution is -0.135. The predicted molar refractivity (Wildman–Crippen MR) is 139 cm³/mol. The Labute approximate surface area is 208 Å². The Bertz CT molecular complexity index is 941. The van der Waals surface area contributed by atoms with E-state index in [9.17, 15) is 9.59 Å².